The zero-order chi connectivity index (χ0) is 11.6. The van der Waals surface area contributed by atoms with E-state index < -0.39 is 36.7 Å². The highest BCUT2D eigenvalue weighted by atomic mass is 19.4. The van der Waals surface area contributed by atoms with Crippen LogP contribution in [0, 0.1) is 5.41 Å². The van der Waals surface area contributed by atoms with Gasteiger partial charge < -0.3 is 10.8 Å². The van der Waals surface area contributed by atoms with Gasteiger partial charge >= 0.3 is 12.1 Å². The molecule has 0 radical (unpaired) electrons. The van der Waals surface area contributed by atoms with E-state index in [1.807, 2.05) is 0 Å². The lowest BCUT2D eigenvalue weighted by atomic mass is 9.84. The molecule has 3 nitrogen and oxygen atoms in total. The third-order valence-corrected chi connectivity index (χ3v) is 1.97. The molecule has 0 aromatic heterocycles. The van der Waals surface area contributed by atoms with E-state index in [4.69, 9.17) is 10.8 Å². The van der Waals surface area contributed by atoms with Crippen LogP contribution < -0.4 is 5.73 Å². The summed E-state index contributed by atoms with van der Waals surface area (Å²) in [6.07, 6.45) is -5.77. The number of nitrogens with two attached hydrogens (primary N) is 1. The lowest BCUT2D eigenvalue weighted by molar-refractivity contribution is -0.226. The molecule has 0 aromatic rings. The maximum atomic E-state index is 12.2. The minimum atomic E-state index is -4.80. The molecular weight excluding hydrogens is 206 g/mol. The molecule has 1 unspecified atom stereocenters. The molecule has 0 aromatic carbocycles. The van der Waals surface area contributed by atoms with Crippen molar-refractivity contribution < 1.29 is 27.5 Å². The zero-order valence-corrected chi connectivity index (χ0v) is 7.44. The van der Waals surface area contributed by atoms with Crippen LogP contribution >= 0.6 is 0 Å². The third kappa shape index (κ3) is 2.83. The van der Waals surface area contributed by atoms with Crippen LogP contribution in [0.5, 0.6) is 0 Å². The monoisotopic (exact) mass is 217 g/mol. The van der Waals surface area contributed by atoms with E-state index in [9.17, 15) is 22.4 Å². The second-order valence-corrected chi connectivity index (χ2v) is 3.34. The fraction of sp³-hybridized carbons (Fsp3) is 0.857. The van der Waals surface area contributed by atoms with Crippen LogP contribution in [0.1, 0.15) is 13.3 Å². The van der Waals surface area contributed by atoms with E-state index in [-0.39, 0.29) is 0 Å². The Kier molecular flexibility index (Phi) is 3.87. The average Bonchev–Trinajstić information content (AvgIpc) is 2.01. The molecule has 0 spiro atoms. The molecule has 0 amide bonds. The standard InChI is InChI=1S/C7H11F4NO2/c1-6(3-8,7(9,10)11)2-4(12)5(13)14/h4H,2-3,12H2,1H3,(H,13,14)/t4-,6?/m0/s1. The summed E-state index contributed by atoms with van der Waals surface area (Å²) in [5.41, 5.74) is 2.22. The van der Waals surface area contributed by atoms with Gasteiger partial charge in [0.15, 0.2) is 0 Å². The minimum Gasteiger partial charge on any atom is -0.480 e. The Morgan fingerprint density at radius 3 is 2.14 bits per heavy atom. The van der Waals surface area contributed by atoms with Crippen molar-refractivity contribution in [1.29, 1.82) is 0 Å². The lowest BCUT2D eigenvalue weighted by Gasteiger charge is -2.30. The molecule has 0 aliphatic rings. The van der Waals surface area contributed by atoms with E-state index >= 15 is 0 Å². The Morgan fingerprint density at radius 1 is 1.50 bits per heavy atom. The molecule has 0 fully saturated rings. The van der Waals surface area contributed by atoms with E-state index in [1.165, 1.54) is 0 Å². The van der Waals surface area contributed by atoms with Crippen molar-refractivity contribution >= 4 is 5.97 Å². The predicted octanol–water partition coefficient (Wildman–Crippen LogP) is 1.33. The van der Waals surface area contributed by atoms with Crippen molar-refractivity contribution in [3.63, 3.8) is 0 Å². The summed E-state index contributed by atoms with van der Waals surface area (Å²) in [6.45, 7) is -1.08. The van der Waals surface area contributed by atoms with Gasteiger partial charge in [0.2, 0.25) is 0 Å². The number of carboxylic acid groups (broad SMARTS) is 1. The topological polar surface area (TPSA) is 63.3 Å². The smallest absolute Gasteiger partial charge is 0.396 e. The van der Waals surface area contributed by atoms with Gasteiger partial charge in [0.1, 0.15) is 12.7 Å². The summed E-state index contributed by atoms with van der Waals surface area (Å²) in [4.78, 5) is 10.2. The normalized spacial score (nSPS) is 18.7. The van der Waals surface area contributed by atoms with Crippen LogP contribution in [0.3, 0.4) is 0 Å². The number of halogens is 4. The molecule has 0 aliphatic heterocycles. The first kappa shape index (κ1) is 13.2. The largest absolute Gasteiger partial charge is 0.480 e. The van der Waals surface area contributed by atoms with Gasteiger partial charge in [0, 0.05) is 0 Å². The van der Waals surface area contributed by atoms with Crippen molar-refractivity contribution in [2.45, 2.75) is 25.6 Å². The van der Waals surface area contributed by atoms with Crippen molar-refractivity contribution in [2.75, 3.05) is 6.67 Å². The van der Waals surface area contributed by atoms with Crippen molar-refractivity contribution in [3.8, 4) is 0 Å². The fourth-order valence-electron chi connectivity index (χ4n) is 0.819. The zero-order valence-electron chi connectivity index (χ0n) is 7.44. The molecule has 3 N–H and O–H groups in total. The molecule has 0 rings (SSSR count). The van der Waals surface area contributed by atoms with Gasteiger partial charge in [-0.2, -0.15) is 13.2 Å². The van der Waals surface area contributed by atoms with Gasteiger partial charge in [-0.1, -0.05) is 0 Å². The van der Waals surface area contributed by atoms with Gasteiger partial charge in [0.05, 0.1) is 5.41 Å². The van der Waals surface area contributed by atoms with E-state index in [1.54, 1.807) is 0 Å². The van der Waals surface area contributed by atoms with Crippen molar-refractivity contribution in [2.24, 2.45) is 11.1 Å². The van der Waals surface area contributed by atoms with Crippen LogP contribution in [-0.2, 0) is 4.79 Å². The molecule has 2 atom stereocenters. The summed E-state index contributed by atoms with van der Waals surface area (Å²) in [6, 6.07) is -1.71. The summed E-state index contributed by atoms with van der Waals surface area (Å²) >= 11 is 0. The molecular formula is C7H11F4NO2. The Hall–Kier alpha value is -0.850. The van der Waals surface area contributed by atoms with Gasteiger partial charge in [-0.15, -0.1) is 0 Å². The molecule has 0 saturated carbocycles. The Morgan fingerprint density at radius 2 is 1.93 bits per heavy atom. The second-order valence-electron chi connectivity index (χ2n) is 3.34. The third-order valence-electron chi connectivity index (χ3n) is 1.97. The van der Waals surface area contributed by atoms with Gasteiger partial charge in [-0.25, -0.2) is 0 Å². The number of carboxylic acids is 1. The molecule has 0 bridgehead atoms. The van der Waals surface area contributed by atoms with Crippen LogP contribution in [0.15, 0.2) is 0 Å². The molecule has 7 heteroatoms. The average molecular weight is 217 g/mol. The van der Waals surface area contributed by atoms with E-state index in [2.05, 4.69) is 0 Å². The molecule has 14 heavy (non-hydrogen) atoms. The first-order valence-corrected chi connectivity index (χ1v) is 3.75. The minimum absolute atomic E-state index is 0.607. The van der Waals surface area contributed by atoms with Crippen LogP contribution in [-0.4, -0.2) is 30.0 Å². The Balaban J connectivity index is 4.65. The molecule has 0 aliphatic carbocycles. The van der Waals surface area contributed by atoms with Gasteiger partial charge in [-0.05, 0) is 13.3 Å². The number of carbonyl (C=O) groups is 1. The lowest BCUT2D eigenvalue weighted by Crippen LogP contribution is -2.44. The first-order valence-electron chi connectivity index (χ1n) is 3.75. The molecule has 0 saturated heterocycles. The Labute approximate surface area is 77.9 Å². The summed E-state index contributed by atoms with van der Waals surface area (Å²) in [5.74, 6) is -1.58. The predicted molar refractivity (Wildman–Crippen MR) is 40.4 cm³/mol. The second kappa shape index (κ2) is 4.12. The van der Waals surface area contributed by atoms with Crippen LogP contribution in [0.25, 0.3) is 0 Å². The first-order chi connectivity index (χ1) is 6.14. The SMILES string of the molecule is CC(CF)(C[C@H](N)C(=O)O)C(F)(F)F. The van der Waals surface area contributed by atoms with E-state index in [0.29, 0.717) is 6.92 Å². The summed E-state index contributed by atoms with van der Waals surface area (Å²) in [7, 11) is 0. The summed E-state index contributed by atoms with van der Waals surface area (Å²) < 4.78 is 48.9. The Bertz CT molecular complexity index is 218. The van der Waals surface area contributed by atoms with Crippen LogP contribution in [0.4, 0.5) is 17.6 Å². The number of hydrogen-bond donors (Lipinski definition) is 2. The number of aliphatic carboxylic acids is 1. The van der Waals surface area contributed by atoms with Crippen LogP contribution in [0.2, 0.25) is 0 Å². The highest BCUT2D eigenvalue weighted by molar-refractivity contribution is 5.73. The number of alkyl halides is 4. The maximum absolute atomic E-state index is 12.2. The quantitative estimate of drug-likeness (QED) is 0.698. The fourth-order valence-corrected chi connectivity index (χ4v) is 0.819. The molecule has 84 valence electrons. The summed E-state index contributed by atoms with van der Waals surface area (Å²) in [5, 5.41) is 8.29. The number of rotatable bonds is 4. The van der Waals surface area contributed by atoms with Crippen molar-refractivity contribution in [3.05, 3.63) is 0 Å². The van der Waals surface area contributed by atoms with Crippen molar-refractivity contribution in [1.82, 2.24) is 0 Å². The highest BCUT2D eigenvalue weighted by Crippen LogP contribution is 2.41. The molecule has 0 heterocycles. The highest BCUT2D eigenvalue weighted by Gasteiger charge is 2.52. The van der Waals surface area contributed by atoms with Gasteiger partial charge in [0.25, 0.3) is 0 Å². The number of hydrogen-bond acceptors (Lipinski definition) is 2. The maximum Gasteiger partial charge on any atom is 0.396 e. The van der Waals surface area contributed by atoms with E-state index in [0.717, 1.165) is 0 Å². The van der Waals surface area contributed by atoms with Gasteiger partial charge in [-0.3, -0.25) is 9.18 Å².